The lowest BCUT2D eigenvalue weighted by molar-refractivity contribution is -0.384. The molecule has 0 aliphatic rings. The van der Waals surface area contributed by atoms with Crippen molar-refractivity contribution < 1.29 is 14.8 Å². The van der Waals surface area contributed by atoms with Crippen molar-refractivity contribution in [3.8, 4) is 11.4 Å². The lowest BCUT2D eigenvalue weighted by Gasteiger charge is -2.01. The van der Waals surface area contributed by atoms with Crippen LogP contribution in [0.5, 0.6) is 5.75 Å². The predicted molar refractivity (Wildman–Crippen MR) is 99.4 cm³/mol. The Morgan fingerprint density at radius 2 is 1.96 bits per heavy atom. The molecule has 0 saturated carbocycles. The maximum Gasteiger partial charge on any atom is 0.294 e. The lowest BCUT2D eigenvalue weighted by Crippen LogP contribution is -2.15. The van der Waals surface area contributed by atoms with Crippen molar-refractivity contribution >= 4 is 29.0 Å². The van der Waals surface area contributed by atoms with E-state index in [2.05, 4.69) is 15.3 Å². The van der Waals surface area contributed by atoms with E-state index in [-0.39, 0.29) is 32.7 Å². The zero-order valence-electron chi connectivity index (χ0n) is 14.0. The quantitative estimate of drug-likeness (QED) is 0.314. The van der Waals surface area contributed by atoms with Crippen LogP contribution in [0.4, 0.5) is 5.69 Å². The largest absolute Gasteiger partial charge is 0.508 e. The van der Waals surface area contributed by atoms with Crippen molar-refractivity contribution in [1.82, 2.24) is 9.78 Å². The monoisotopic (exact) mass is 383 g/mol. The van der Waals surface area contributed by atoms with Gasteiger partial charge < -0.3 is 5.11 Å². The molecule has 2 aromatic carbocycles. The molecule has 27 heavy (non-hydrogen) atoms. The predicted octanol–water partition coefficient (Wildman–Crippen LogP) is 2.69. The summed E-state index contributed by atoms with van der Waals surface area (Å²) in [4.78, 5) is 22.7. The number of phenols is 1. The highest BCUT2D eigenvalue weighted by Gasteiger charge is 2.18. The van der Waals surface area contributed by atoms with Gasteiger partial charge >= 0.3 is 0 Å². The Balaban J connectivity index is 2.09. The number of ketones is 1. The number of carbonyl (C=O) groups is 1. The second-order valence-electron chi connectivity index (χ2n) is 5.34. The van der Waals surface area contributed by atoms with Crippen molar-refractivity contribution in [3.63, 3.8) is 0 Å². The molecule has 3 aromatic rings. The summed E-state index contributed by atoms with van der Waals surface area (Å²) in [5.41, 5.74) is 0.719. The average Bonchev–Trinajstić information content (AvgIpc) is 3.08. The number of hydrogen-bond donors (Lipinski definition) is 1. The van der Waals surface area contributed by atoms with Crippen LogP contribution in [-0.2, 0) is 0 Å². The number of nitro groups is 1. The van der Waals surface area contributed by atoms with Crippen molar-refractivity contribution in [3.05, 3.63) is 74.0 Å². The molecule has 0 fully saturated rings. The number of nitro benzene ring substituents is 1. The molecule has 1 N–H and O–H groups in total. The van der Waals surface area contributed by atoms with Crippen LogP contribution in [0.1, 0.15) is 22.3 Å². The van der Waals surface area contributed by atoms with Crippen LogP contribution in [0.15, 0.2) is 58.7 Å². The minimum Gasteiger partial charge on any atom is -0.508 e. The Morgan fingerprint density at radius 1 is 1.26 bits per heavy atom. The second kappa shape index (κ2) is 7.70. The van der Waals surface area contributed by atoms with Gasteiger partial charge in [0.05, 0.1) is 11.1 Å². The summed E-state index contributed by atoms with van der Waals surface area (Å²) < 4.78 is 1.23. The van der Waals surface area contributed by atoms with E-state index in [1.165, 1.54) is 42.1 Å². The molecule has 0 atom stereocenters. The Hall–Kier alpha value is -3.66. The van der Waals surface area contributed by atoms with Gasteiger partial charge in [0.15, 0.2) is 10.8 Å². The number of hydrogen-bond acceptors (Lipinski definition) is 8. The SMILES string of the molecule is CC(=O)c1nn(-c2ccccc2[N+](=O)[O-])/c(=N/N=C/c2ccc(O)cc2)s1. The Bertz CT molecular complexity index is 1100. The highest BCUT2D eigenvalue weighted by atomic mass is 32.1. The molecule has 10 heteroatoms. The third kappa shape index (κ3) is 4.12. The third-order valence-corrected chi connectivity index (χ3v) is 4.41. The normalized spacial score (nSPS) is 11.8. The number of aromatic nitrogens is 2. The molecule has 9 nitrogen and oxygen atoms in total. The second-order valence-corrected chi connectivity index (χ2v) is 6.30. The molecule has 0 aliphatic heterocycles. The summed E-state index contributed by atoms with van der Waals surface area (Å²) in [6, 6.07) is 12.4. The molecule has 0 saturated heterocycles. The molecule has 3 rings (SSSR count). The summed E-state index contributed by atoms with van der Waals surface area (Å²) in [5, 5.41) is 32.9. The fraction of sp³-hybridized carbons (Fsp3) is 0.0588. The highest BCUT2D eigenvalue weighted by Crippen LogP contribution is 2.21. The van der Waals surface area contributed by atoms with Crippen molar-refractivity contribution in [1.29, 1.82) is 0 Å². The van der Waals surface area contributed by atoms with Crippen LogP contribution in [0.3, 0.4) is 0 Å². The first-order valence-electron chi connectivity index (χ1n) is 7.66. The maximum atomic E-state index is 11.7. The minimum atomic E-state index is -0.529. The lowest BCUT2D eigenvalue weighted by atomic mass is 10.2. The van der Waals surface area contributed by atoms with Crippen LogP contribution in [0, 0.1) is 10.1 Å². The van der Waals surface area contributed by atoms with E-state index >= 15 is 0 Å². The Kier molecular flexibility index (Phi) is 5.18. The molecular weight excluding hydrogens is 370 g/mol. The summed E-state index contributed by atoms with van der Waals surface area (Å²) in [7, 11) is 0. The number of carbonyl (C=O) groups excluding carboxylic acids is 1. The van der Waals surface area contributed by atoms with Crippen LogP contribution in [-0.4, -0.2) is 31.8 Å². The number of benzene rings is 2. The van der Waals surface area contributed by atoms with Gasteiger partial charge in [0, 0.05) is 13.0 Å². The topological polar surface area (TPSA) is 123 Å². The van der Waals surface area contributed by atoms with Crippen LogP contribution in [0.2, 0.25) is 0 Å². The summed E-state index contributed by atoms with van der Waals surface area (Å²) >= 11 is 0.980. The van der Waals surface area contributed by atoms with Gasteiger partial charge in [-0.1, -0.05) is 23.5 Å². The highest BCUT2D eigenvalue weighted by molar-refractivity contribution is 7.10. The first-order chi connectivity index (χ1) is 13.0. The van der Waals surface area contributed by atoms with Gasteiger partial charge in [-0.15, -0.1) is 5.10 Å². The molecule has 1 aromatic heterocycles. The van der Waals surface area contributed by atoms with E-state index in [1.54, 1.807) is 24.3 Å². The molecular formula is C17H13N5O4S. The van der Waals surface area contributed by atoms with Crippen molar-refractivity contribution in [2.45, 2.75) is 6.92 Å². The third-order valence-electron chi connectivity index (χ3n) is 3.41. The van der Waals surface area contributed by atoms with Crippen LogP contribution >= 0.6 is 11.3 Å². The Labute approximate surface area is 156 Å². The van der Waals surface area contributed by atoms with Gasteiger partial charge in [-0.2, -0.15) is 14.9 Å². The van der Waals surface area contributed by atoms with Gasteiger partial charge in [-0.3, -0.25) is 14.9 Å². The molecule has 1 heterocycles. The summed E-state index contributed by atoms with van der Waals surface area (Å²) in [5.74, 6) is -0.150. The standard InChI is InChI=1S/C17H13N5O4S/c1-11(23)16-20-21(14-4-2-3-5-15(14)22(25)26)17(27-16)19-18-10-12-6-8-13(24)9-7-12/h2-10,24H,1H3/b18-10+,19-17-. The number of nitrogens with zero attached hydrogens (tertiary/aromatic N) is 5. The zero-order valence-corrected chi connectivity index (χ0v) is 14.8. The first kappa shape index (κ1) is 18.1. The van der Waals surface area contributed by atoms with E-state index in [4.69, 9.17) is 0 Å². The van der Waals surface area contributed by atoms with Gasteiger partial charge in [0.1, 0.15) is 11.4 Å². The zero-order chi connectivity index (χ0) is 19.4. The minimum absolute atomic E-state index is 0.131. The van der Waals surface area contributed by atoms with Gasteiger partial charge in [-0.05, 0) is 35.9 Å². The van der Waals surface area contributed by atoms with E-state index in [0.29, 0.717) is 5.56 Å². The average molecular weight is 383 g/mol. The van der Waals surface area contributed by atoms with E-state index in [0.717, 1.165) is 11.3 Å². The number of aromatic hydroxyl groups is 1. The Morgan fingerprint density at radius 3 is 2.63 bits per heavy atom. The van der Waals surface area contributed by atoms with Crippen LogP contribution in [0.25, 0.3) is 5.69 Å². The van der Waals surface area contributed by atoms with E-state index in [1.807, 2.05) is 0 Å². The summed E-state index contributed by atoms with van der Waals surface area (Å²) in [6.45, 7) is 1.35. The number of Topliss-reactive ketones (excluding diaryl/α,β-unsaturated/α-hetero) is 1. The summed E-state index contributed by atoms with van der Waals surface area (Å²) in [6.07, 6.45) is 1.45. The first-order valence-corrected chi connectivity index (χ1v) is 8.48. The molecule has 0 aliphatic carbocycles. The van der Waals surface area contributed by atoms with Crippen LogP contribution < -0.4 is 4.80 Å². The molecule has 0 amide bonds. The molecule has 0 unspecified atom stereocenters. The fourth-order valence-corrected chi connectivity index (χ4v) is 2.90. The van der Waals surface area contributed by atoms with E-state index < -0.39 is 4.92 Å². The van der Waals surface area contributed by atoms with Gasteiger partial charge in [0.25, 0.3) is 5.69 Å². The van der Waals surface area contributed by atoms with Gasteiger partial charge in [-0.25, -0.2) is 0 Å². The molecule has 0 bridgehead atoms. The smallest absolute Gasteiger partial charge is 0.294 e. The number of para-hydroxylation sites is 2. The molecule has 0 spiro atoms. The van der Waals surface area contributed by atoms with E-state index in [9.17, 15) is 20.0 Å². The van der Waals surface area contributed by atoms with Gasteiger partial charge in [0.2, 0.25) is 4.80 Å². The number of phenolic OH excluding ortho intramolecular Hbond substituents is 1. The maximum absolute atomic E-state index is 11.7. The molecule has 136 valence electrons. The van der Waals surface area contributed by atoms with Crippen molar-refractivity contribution in [2.24, 2.45) is 10.2 Å². The number of rotatable bonds is 5. The van der Waals surface area contributed by atoms with Crippen molar-refractivity contribution in [2.75, 3.05) is 0 Å². The molecule has 0 radical (unpaired) electrons. The fourth-order valence-electron chi connectivity index (χ4n) is 2.15.